The van der Waals surface area contributed by atoms with Gasteiger partial charge in [0.05, 0.1) is 18.1 Å². The molecule has 3 rings (SSSR count). The van der Waals surface area contributed by atoms with Gasteiger partial charge in [0.15, 0.2) is 5.82 Å². The Morgan fingerprint density at radius 1 is 1.11 bits per heavy atom. The fourth-order valence-corrected chi connectivity index (χ4v) is 2.89. The summed E-state index contributed by atoms with van der Waals surface area (Å²) in [6.45, 7) is 5.96. The number of aromatic nitrogens is 2. The topological polar surface area (TPSA) is 73.2 Å². The molecule has 0 atom stereocenters. The Labute approximate surface area is 164 Å². The molecule has 2 aromatic carbocycles. The van der Waals surface area contributed by atoms with Crippen LogP contribution in [-0.4, -0.2) is 28.4 Å². The van der Waals surface area contributed by atoms with E-state index in [1.807, 2.05) is 51.1 Å². The fourth-order valence-electron chi connectivity index (χ4n) is 2.89. The third-order valence-electron chi connectivity index (χ3n) is 4.47. The Bertz CT molecular complexity index is 1000. The number of fused-ring (bicyclic) bond motifs is 1. The van der Waals surface area contributed by atoms with Crippen LogP contribution < -0.4 is 10.1 Å². The molecular formula is C22H25N3O3. The van der Waals surface area contributed by atoms with Crippen molar-refractivity contribution >= 4 is 22.7 Å². The Hall–Kier alpha value is -3.15. The van der Waals surface area contributed by atoms with Crippen LogP contribution in [0.1, 0.15) is 37.0 Å². The lowest BCUT2D eigenvalue weighted by Crippen LogP contribution is -2.30. The molecule has 0 radical (unpaired) electrons. The average Bonchev–Trinajstić information content (AvgIpc) is 3.03. The number of hydrogen-bond acceptors (Lipinski definition) is 4. The Balaban J connectivity index is 1.92. The molecule has 0 aliphatic heterocycles. The summed E-state index contributed by atoms with van der Waals surface area (Å²) in [7, 11) is 1.58. The first-order valence-electron chi connectivity index (χ1n) is 9.19. The van der Waals surface area contributed by atoms with Crippen molar-refractivity contribution in [3.63, 3.8) is 0 Å². The fraction of sp³-hybridized carbons (Fsp3) is 0.318. The minimum Gasteiger partial charge on any atom is -0.497 e. The van der Waals surface area contributed by atoms with Crippen LogP contribution in [0.5, 0.6) is 5.75 Å². The summed E-state index contributed by atoms with van der Waals surface area (Å²) < 4.78 is 6.97. The van der Waals surface area contributed by atoms with E-state index < -0.39 is 5.41 Å². The lowest BCUT2D eigenvalue weighted by atomic mass is 9.90. The second-order valence-electron chi connectivity index (χ2n) is 7.72. The SMILES string of the molecule is COc1ccc2nc(C(=O)C(C)(C)C)n(CC(=O)NCc3ccccc3)c2c1. The predicted octanol–water partition coefficient (Wildman–Crippen LogP) is 3.59. The van der Waals surface area contributed by atoms with E-state index in [0.717, 1.165) is 5.56 Å². The van der Waals surface area contributed by atoms with Crippen molar-refractivity contribution in [1.82, 2.24) is 14.9 Å². The van der Waals surface area contributed by atoms with Crippen molar-refractivity contribution in [3.8, 4) is 5.75 Å². The van der Waals surface area contributed by atoms with E-state index in [9.17, 15) is 9.59 Å². The van der Waals surface area contributed by atoms with Crippen LogP contribution in [-0.2, 0) is 17.9 Å². The van der Waals surface area contributed by atoms with Gasteiger partial charge in [-0.05, 0) is 17.7 Å². The predicted molar refractivity (Wildman–Crippen MR) is 108 cm³/mol. The number of ether oxygens (including phenoxy) is 1. The molecule has 6 heteroatoms. The van der Waals surface area contributed by atoms with E-state index in [4.69, 9.17) is 4.74 Å². The van der Waals surface area contributed by atoms with E-state index in [1.165, 1.54) is 0 Å². The summed E-state index contributed by atoms with van der Waals surface area (Å²) in [5.41, 5.74) is 1.76. The van der Waals surface area contributed by atoms with Gasteiger partial charge in [-0.15, -0.1) is 0 Å². The number of amides is 1. The third-order valence-corrected chi connectivity index (χ3v) is 4.47. The maximum absolute atomic E-state index is 12.9. The highest BCUT2D eigenvalue weighted by Gasteiger charge is 2.29. The molecule has 28 heavy (non-hydrogen) atoms. The Morgan fingerprint density at radius 2 is 1.82 bits per heavy atom. The molecular weight excluding hydrogens is 354 g/mol. The second kappa shape index (κ2) is 7.84. The molecule has 0 aliphatic rings. The van der Waals surface area contributed by atoms with Crippen LogP contribution >= 0.6 is 0 Å². The average molecular weight is 379 g/mol. The van der Waals surface area contributed by atoms with Crippen molar-refractivity contribution in [2.24, 2.45) is 5.41 Å². The molecule has 1 N–H and O–H groups in total. The van der Waals surface area contributed by atoms with Gasteiger partial charge < -0.3 is 14.6 Å². The first kappa shape index (κ1) is 19.6. The van der Waals surface area contributed by atoms with Crippen molar-refractivity contribution in [3.05, 3.63) is 59.9 Å². The highest BCUT2D eigenvalue weighted by Crippen LogP contribution is 2.26. The van der Waals surface area contributed by atoms with Crippen LogP contribution in [0.2, 0.25) is 0 Å². The van der Waals surface area contributed by atoms with Crippen LogP contribution in [0.4, 0.5) is 0 Å². The number of Topliss-reactive ketones (excluding diaryl/α,β-unsaturated/α-hetero) is 1. The first-order valence-corrected chi connectivity index (χ1v) is 9.19. The first-order chi connectivity index (χ1) is 13.3. The van der Waals surface area contributed by atoms with Gasteiger partial charge >= 0.3 is 0 Å². The third kappa shape index (κ3) is 4.22. The second-order valence-corrected chi connectivity index (χ2v) is 7.72. The van der Waals surface area contributed by atoms with Gasteiger partial charge in [0, 0.05) is 18.0 Å². The summed E-state index contributed by atoms with van der Waals surface area (Å²) in [5.74, 6) is 0.631. The van der Waals surface area contributed by atoms with Gasteiger partial charge in [-0.3, -0.25) is 9.59 Å². The molecule has 6 nitrogen and oxygen atoms in total. The summed E-state index contributed by atoms with van der Waals surface area (Å²) in [6.07, 6.45) is 0. The number of methoxy groups -OCH3 is 1. The molecule has 0 saturated heterocycles. The number of imidazole rings is 1. The van der Waals surface area contributed by atoms with Crippen LogP contribution in [0.25, 0.3) is 11.0 Å². The summed E-state index contributed by atoms with van der Waals surface area (Å²) in [4.78, 5) is 30.0. The minimum atomic E-state index is -0.607. The number of hydrogen-bond donors (Lipinski definition) is 1. The van der Waals surface area contributed by atoms with Crippen LogP contribution in [0.3, 0.4) is 0 Å². The maximum Gasteiger partial charge on any atom is 0.240 e. The minimum absolute atomic E-state index is 0.00759. The number of carbonyl (C=O) groups excluding carboxylic acids is 2. The Kier molecular flexibility index (Phi) is 5.49. The van der Waals surface area contributed by atoms with Gasteiger partial charge in [0.1, 0.15) is 12.3 Å². The molecule has 1 heterocycles. The zero-order chi connectivity index (χ0) is 20.3. The molecule has 146 valence electrons. The molecule has 0 spiro atoms. The van der Waals surface area contributed by atoms with Crippen LogP contribution in [0.15, 0.2) is 48.5 Å². The zero-order valence-corrected chi connectivity index (χ0v) is 16.7. The van der Waals surface area contributed by atoms with Gasteiger partial charge in [0.2, 0.25) is 11.7 Å². The largest absolute Gasteiger partial charge is 0.497 e. The van der Waals surface area contributed by atoms with E-state index in [-0.39, 0.29) is 24.1 Å². The van der Waals surface area contributed by atoms with E-state index in [2.05, 4.69) is 10.3 Å². The normalized spacial score (nSPS) is 11.4. The molecule has 3 aromatic rings. The quantitative estimate of drug-likeness (QED) is 0.664. The number of benzene rings is 2. The van der Waals surface area contributed by atoms with Crippen molar-refractivity contribution < 1.29 is 14.3 Å². The highest BCUT2D eigenvalue weighted by molar-refractivity contribution is 6.00. The maximum atomic E-state index is 12.9. The zero-order valence-electron chi connectivity index (χ0n) is 16.7. The molecule has 1 aromatic heterocycles. The number of nitrogens with one attached hydrogen (secondary N) is 1. The van der Waals surface area contributed by atoms with Gasteiger partial charge in [0.25, 0.3) is 0 Å². The summed E-state index contributed by atoms with van der Waals surface area (Å²) in [6, 6.07) is 15.1. The lowest BCUT2D eigenvalue weighted by Gasteiger charge is -2.17. The molecule has 0 bridgehead atoms. The van der Waals surface area contributed by atoms with E-state index >= 15 is 0 Å². The molecule has 0 aliphatic carbocycles. The van der Waals surface area contributed by atoms with E-state index in [1.54, 1.807) is 29.9 Å². The molecule has 0 fully saturated rings. The monoisotopic (exact) mass is 379 g/mol. The standard InChI is InChI=1S/C22H25N3O3/c1-22(2,3)20(27)21-24-17-11-10-16(28-4)12-18(17)25(21)14-19(26)23-13-15-8-6-5-7-9-15/h5-12H,13-14H2,1-4H3,(H,23,26). The smallest absolute Gasteiger partial charge is 0.240 e. The molecule has 1 amide bonds. The molecule has 0 saturated carbocycles. The van der Waals surface area contributed by atoms with Gasteiger partial charge in [-0.1, -0.05) is 51.1 Å². The lowest BCUT2D eigenvalue weighted by molar-refractivity contribution is -0.121. The number of carbonyl (C=O) groups is 2. The number of rotatable bonds is 6. The summed E-state index contributed by atoms with van der Waals surface area (Å²) in [5, 5.41) is 2.91. The van der Waals surface area contributed by atoms with Gasteiger partial charge in [-0.25, -0.2) is 4.98 Å². The van der Waals surface area contributed by atoms with Gasteiger partial charge in [-0.2, -0.15) is 0 Å². The van der Waals surface area contributed by atoms with Crippen molar-refractivity contribution in [2.45, 2.75) is 33.9 Å². The van der Waals surface area contributed by atoms with E-state index in [0.29, 0.717) is 23.3 Å². The van der Waals surface area contributed by atoms with Crippen LogP contribution in [0, 0.1) is 5.41 Å². The molecule has 0 unspecified atom stereocenters. The summed E-state index contributed by atoms with van der Waals surface area (Å²) >= 11 is 0. The van der Waals surface area contributed by atoms with Crippen molar-refractivity contribution in [1.29, 1.82) is 0 Å². The number of nitrogens with zero attached hydrogens (tertiary/aromatic N) is 2. The van der Waals surface area contributed by atoms with Crippen molar-refractivity contribution in [2.75, 3.05) is 7.11 Å². The Morgan fingerprint density at radius 3 is 2.46 bits per heavy atom. The highest BCUT2D eigenvalue weighted by atomic mass is 16.5. The number of ketones is 1.